The van der Waals surface area contributed by atoms with Crippen molar-refractivity contribution in [3.63, 3.8) is 0 Å². The minimum atomic E-state index is -1.18. The molecule has 1 atom stereocenters. The van der Waals surface area contributed by atoms with Gasteiger partial charge in [-0.15, -0.1) is 0 Å². The third-order valence-corrected chi connectivity index (χ3v) is 4.05. The SMILES string of the molecule is CC(=O)c1ccc(NC(=O)[C@@]2(C)CC(c3cccc(F)c3)=NO2)cc1. The van der Waals surface area contributed by atoms with Crippen molar-refractivity contribution < 1.29 is 18.8 Å². The maximum absolute atomic E-state index is 13.3. The smallest absolute Gasteiger partial charge is 0.271 e. The second kappa shape index (κ2) is 6.47. The maximum atomic E-state index is 13.3. The van der Waals surface area contributed by atoms with Crippen molar-refractivity contribution in [2.75, 3.05) is 5.32 Å². The molecule has 2 aromatic carbocycles. The summed E-state index contributed by atoms with van der Waals surface area (Å²) in [5.41, 5.74) is 1.05. The Morgan fingerprint density at radius 3 is 2.56 bits per heavy atom. The van der Waals surface area contributed by atoms with Gasteiger partial charge in [-0.25, -0.2) is 4.39 Å². The molecular formula is C19H17FN2O3. The molecule has 128 valence electrons. The number of halogens is 1. The monoisotopic (exact) mass is 340 g/mol. The summed E-state index contributed by atoms with van der Waals surface area (Å²) in [5, 5.41) is 6.70. The van der Waals surface area contributed by atoms with Crippen molar-refractivity contribution in [3.8, 4) is 0 Å². The van der Waals surface area contributed by atoms with E-state index in [1.54, 1.807) is 43.3 Å². The number of nitrogens with one attached hydrogen (secondary N) is 1. The number of ketones is 1. The van der Waals surface area contributed by atoms with E-state index in [2.05, 4.69) is 10.5 Å². The molecule has 1 amide bonds. The van der Waals surface area contributed by atoms with E-state index in [1.807, 2.05) is 0 Å². The minimum absolute atomic E-state index is 0.0444. The van der Waals surface area contributed by atoms with E-state index in [4.69, 9.17) is 4.84 Å². The summed E-state index contributed by atoms with van der Waals surface area (Å²) >= 11 is 0. The fraction of sp³-hybridized carbons (Fsp3) is 0.211. The molecular weight excluding hydrogens is 323 g/mol. The number of rotatable bonds is 4. The molecule has 1 aliphatic heterocycles. The highest BCUT2D eigenvalue weighted by molar-refractivity contribution is 6.08. The van der Waals surface area contributed by atoms with Gasteiger partial charge < -0.3 is 10.2 Å². The van der Waals surface area contributed by atoms with Crippen molar-refractivity contribution in [2.24, 2.45) is 5.16 Å². The Labute approximate surface area is 144 Å². The summed E-state index contributed by atoms with van der Waals surface area (Å²) in [4.78, 5) is 29.2. The van der Waals surface area contributed by atoms with Crippen molar-refractivity contribution in [2.45, 2.75) is 25.9 Å². The van der Waals surface area contributed by atoms with Crippen LogP contribution in [0, 0.1) is 5.82 Å². The molecule has 0 spiro atoms. The molecule has 0 saturated heterocycles. The number of Topliss-reactive ketones (excluding diaryl/α,β-unsaturated/α-hetero) is 1. The summed E-state index contributed by atoms with van der Waals surface area (Å²) in [6.45, 7) is 3.11. The molecule has 0 aliphatic carbocycles. The number of carbonyl (C=O) groups is 2. The number of nitrogens with zero attached hydrogens (tertiary/aromatic N) is 1. The lowest BCUT2D eigenvalue weighted by atomic mass is 9.95. The zero-order chi connectivity index (χ0) is 18.0. The number of hydrogen-bond acceptors (Lipinski definition) is 4. The van der Waals surface area contributed by atoms with Crippen LogP contribution in [0.2, 0.25) is 0 Å². The predicted octanol–water partition coefficient (Wildman–Crippen LogP) is 3.55. The van der Waals surface area contributed by atoms with Gasteiger partial charge in [0.15, 0.2) is 5.78 Å². The Morgan fingerprint density at radius 1 is 1.20 bits per heavy atom. The highest BCUT2D eigenvalue weighted by Crippen LogP contribution is 2.28. The van der Waals surface area contributed by atoms with Crippen LogP contribution in [0.1, 0.15) is 36.2 Å². The van der Waals surface area contributed by atoms with E-state index < -0.39 is 5.60 Å². The fourth-order valence-corrected chi connectivity index (χ4v) is 2.54. The summed E-state index contributed by atoms with van der Waals surface area (Å²) < 4.78 is 13.3. The molecule has 0 fully saturated rings. The number of hydrogen-bond donors (Lipinski definition) is 1. The molecule has 1 N–H and O–H groups in total. The highest BCUT2D eigenvalue weighted by atomic mass is 19.1. The number of anilines is 1. The molecule has 3 rings (SSSR count). The van der Waals surface area contributed by atoms with E-state index in [-0.39, 0.29) is 23.9 Å². The van der Waals surface area contributed by atoms with Gasteiger partial charge in [-0.2, -0.15) is 0 Å². The normalized spacial score (nSPS) is 19.1. The van der Waals surface area contributed by atoms with Gasteiger partial charge >= 0.3 is 0 Å². The number of carbonyl (C=O) groups excluding carboxylic acids is 2. The zero-order valence-electron chi connectivity index (χ0n) is 13.9. The van der Waals surface area contributed by atoms with Gasteiger partial charge in [0.25, 0.3) is 5.91 Å². The summed E-state index contributed by atoms with van der Waals surface area (Å²) in [6.07, 6.45) is 0.230. The van der Waals surface area contributed by atoms with E-state index in [0.29, 0.717) is 22.5 Å². The molecule has 25 heavy (non-hydrogen) atoms. The van der Waals surface area contributed by atoms with Crippen molar-refractivity contribution in [1.82, 2.24) is 0 Å². The highest BCUT2D eigenvalue weighted by Gasteiger charge is 2.42. The van der Waals surface area contributed by atoms with E-state index in [0.717, 1.165) is 0 Å². The second-order valence-electron chi connectivity index (χ2n) is 6.13. The lowest BCUT2D eigenvalue weighted by molar-refractivity contribution is -0.135. The first kappa shape index (κ1) is 16.8. The van der Waals surface area contributed by atoms with Crippen LogP contribution in [0.3, 0.4) is 0 Å². The molecule has 6 heteroatoms. The van der Waals surface area contributed by atoms with Crippen LogP contribution in [0.4, 0.5) is 10.1 Å². The first-order chi connectivity index (χ1) is 11.9. The van der Waals surface area contributed by atoms with E-state index in [9.17, 15) is 14.0 Å². The van der Waals surface area contributed by atoms with Gasteiger partial charge in [-0.05, 0) is 50.2 Å². The average Bonchev–Trinajstić information content (AvgIpc) is 2.99. The van der Waals surface area contributed by atoms with Crippen molar-refractivity contribution >= 4 is 23.1 Å². The molecule has 2 aromatic rings. The Hall–Kier alpha value is -3.02. The third-order valence-electron chi connectivity index (χ3n) is 4.05. The quantitative estimate of drug-likeness (QED) is 0.866. The third kappa shape index (κ3) is 3.57. The lowest BCUT2D eigenvalue weighted by Crippen LogP contribution is -2.40. The van der Waals surface area contributed by atoms with Crippen LogP contribution in [0.25, 0.3) is 0 Å². The molecule has 0 unspecified atom stereocenters. The van der Waals surface area contributed by atoms with Crippen LogP contribution in [0.15, 0.2) is 53.7 Å². The first-order valence-electron chi connectivity index (χ1n) is 7.81. The molecule has 0 radical (unpaired) electrons. The van der Waals surface area contributed by atoms with Gasteiger partial charge in [0.1, 0.15) is 5.82 Å². The lowest BCUT2D eigenvalue weighted by Gasteiger charge is -2.20. The Morgan fingerprint density at radius 2 is 1.92 bits per heavy atom. The number of oxime groups is 1. The predicted molar refractivity (Wildman–Crippen MR) is 92.1 cm³/mol. The molecule has 0 saturated carbocycles. The van der Waals surface area contributed by atoms with Crippen LogP contribution < -0.4 is 5.32 Å². The maximum Gasteiger partial charge on any atom is 0.271 e. The van der Waals surface area contributed by atoms with Gasteiger partial charge in [0.2, 0.25) is 5.60 Å². The topological polar surface area (TPSA) is 67.8 Å². The van der Waals surface area contributed by atoms with Gasteiger partial charge in [0.05, 0.1) is 5.71 Å². The minimum Gasteiger partial charge on any atom is -0.379 e. The van der Waals surface area contributed by atoms with E-state index >= 15 is 0 Å². The average molecular weight is 340 g/mol. The van der Waals surface area contributed by atoms with Crippen LogP contribution in [0.5, 0.6) is 0 Å². The van der Waals surface area contributed by atoms with Crippen LogP contribution in [-0.4, -0.2) is 23.0 Å². The van der Waals surface area contributed by atoms with Gasteiger partial charge in [0, 0.05) is 23.2 Å². The van der Waals surface area contributed by atoms with Crippen molar-refractivity contribution in [3.05, 3.63) is 65.5 Å². The molecule has 1 aliphatic rings. The molecule has 0 bridgehead atoms. The standard InChI is InChI=1S/C19H17FN2O3/c1-12(23)13-6-8-16(9-7-13)21-18(24)19(2)11-17(22-25-19)14-4-3-5-15(20)10-14/h3-10H,11H2,1-2H3,(H,21,24)/t19-/m1/s1. The van der Waals surface area contributed by atoms with Gasteiger partial charge in [-0.3, -0.25) is 9.59 Å². The largest absolute Gasteiger partial charge is 0.379 e. The Balaban J connectivity index is 1.69. The number of amides is 1. The fourth-order valence-electron chi connectivity index (χ4n) is 2.54. The molecule has 0 aromatic heterocycles. The summed E-state index contributed by atoms with van der Waals surface area (Å²) in [5.74, 6) is -0.779. The van der Waals surface area contributed by atoms with Crippen LogP contribution in [-0.2, 0) is 9.63 Å². The Kier molecular flexibility index (Phi) is 4.35. The summed E-state index contributed by atoms with van der Waals surface area (Å²) in [6, 6.07) is 12.6. The Bertz CT molecular complexity index is 861. The second-order valence-corrected chi connectivity index (χ2v) is 6.13. The molecule has 5 nitrogen and oxygen atoms in total. The molecule has 1 heterocycles. The van der Waals surface area contributed by atoms with Crippen molar-refractivity contribution in [1.29, 1.82) is 0 Å². The van der Waals surface area contributed by atoms with E-state index in [1.165, 1.54) is 19.1 Å². The summed E-state index contributed by atoms with van der Waals surface area (Å²) in [7, 11) is 0. The van der Waals surface area contributed by atoms with Gasteiger partial charge in [-0.1, -0.05) is 17.3 Å². The zero-order valence-corrected chi connectivity index (χ0v) is 13.9. The van der Waals surface area contributed by atoms with Crippen LogP contribution >= 0.6 is 0 Å². The first-order valence-corrected chi connectivity index (χ1v) is 7.81. The number of benzene rings is 2.